The van der Waals surface area contributed by atoms with Crippen molar-refractivity contribution < 1.29 is 8.76 Å². The molecule has 0 heterocycles. The third kappa shape index (κ3) is 10.8. The molecule has 5 heteroatoms. The van der Waals surface area contributed by atoms with Crippen molar-refractivity contribution in [3.8, 4) is 0 Å². The van der Waals surface area contributed by atoms with E-state index in [0.717, 1.165) is 30.8 Å². The van der Waals surface area contributed by atoms with Crippen molar-refractivity contribution in [2.45, 2.75) is 26.2 Å². The summed E-state index contributed by atoms with van der Waals surface area (Å²) in [5.41, 5.74) is 0. The lowest BCUT2D eigenvalue weighted by atomic mass is 10.3. The molecule has 0 fully saturated rings. The molecule has 1 N–H and O–H groups in total. The van der Waals surface area contributed by atoms with E-state index in [2.05, 4.69) is 6.92 Å². The minimum absolute atomic E-state index is 0.436. The van der Waals surface area contributed by atoms with Crippen LogP contribution in [0.3, 0.4) is 0 Å². The highest BCUT2D eigenvalue weighted by molar-refractivity contribution is 8.76. The molecule has 0 saturated heterocycles. The van der Waals surface area contributed by atoms with E-state index >= 15 is 0 Å². The highest BCUT2D eigenvalue weighted by Gasteiger charge is 1.94. The van der Waals surface area contributed by atoms with E-state index in [4.69, 9.17) is 4.55 Å². The van der Waals surface area contributed by atoms with E-state index in [1.54, 1.807) is 0 Å². The lowest BCUT2D eigenvalue weighted by Crippen LogP contribution is -1.94. The van der Waals surface area contributed by atoms with Gasteiger partial charge in [-0.05, 0) is 12.8 Å². The molecule has 2 nitrogen and oxygen atoms in total. The van der Waals surface area contributed by atoms with Crippen molar-refractivity contribution >= 4 is 32.7 Å². The summed E-state index contributed by atoms with van der Waals surface area (Å²) in [5.74, 6) is 2.76. The molecular formula is C7H16O2S3. The summed E-state index contributed by atoms with van der Waals surface area (Å²) in [4.78, 5) is 0. The van der Waals surface area contributed by atoms with Crippen LogP contribution in [0.15, 0.2) is 0 Å². The summed E-state index contributed by atoms with van der Waals surface area (Å²) in [6.45, 7) is 2.15. The Hall–Kier alpha value is 0.810. The second kappa shape index (κ2) is 9.89. The van der Waals surface area contributed by atoms with Gasteiger partial charge in [0.25, 0.3) is 0 Å². The summed E-state index contributed by atoms with van der Waals surface area (Å²) in [6, 6.07) is 0. The van der Waals surface area contributed by atoms with E-state index in [9.17, 15) is 4.21 Å². The predicted octanol–water partition coefficient (Wildman–Crippen LogP) is 2.78. The van der Waals surface area contributed by atoms with Gasteiger partial charge < -0.3 is 4.55 Å². The van der Waals surface area contributed by atoms with Gasteiger partial charge >= 0.3 is 0 Å². The van der Waals surface area contributed by atoms with Crippen LogP contribution < -0.4 is 0 Å². The van der Waals surface area contributed by atoms with Gasteiger partial charge in [-0.2, -0.15) is 0 Å². The Bertz CT molecular complexity index is 119. The lowest BCUT2D eigenvalue weighted by molar-refractivity contribution is 0.560. The Balaban J connectivity index is 2.86. The van der Waals surface area contributed by atoms with Crippen LogP contribution in [0.1, 0.15) is 26.2 Å². The van der Waals surface area contributed by atoms with Gasteiger partial charge in [-0.1, -0.05) is 34.9 Å². The molecule has 1 atom stereocenters. The molecule has 0 bridgehead atoms. The van der Waals surface area contributed by atoms with Crippen molar-refractivity contribution in [1.82, 2.24) is 0 Å². The predicted molar refractivity (Wildman–Crippen MR) is 60.1 cm³/mol. The molecule has 0 spiro atoms. The first kappa shape index (κ1) is 12.8. The van der Waals surface area contributed by atoms with Gasteiger partial charge in [0, 0.05) is 17.3 Å². The number of hydrogen-bond acceptors (Lipinski definition) is 3. The molecule has 0 amide bonds. The third-order valence-corrected chi connectivity index (χ3v) is 4.45. The van der Waals surface area contributed by atoms with Crippen molar-refractivity contribution in [3.63, 3.8) is 0 Å². The average molecular weight is 228 g/mol. The molecule has 0 saturated carbocycles. The van der Waals surface area contributed by atoms with Crippen LogP contribution in [-0.2, 0) is 11.1 Å². The van der Waals surface area contributed by atoms with E-state index in [0.29, 0.717) is 5.75 Å². The van der Waals surface area contributed by atoms with Crippen LogP contribution in [0.4, 0.5) is 0 Å². The van der Waals surface area contributed by atoms with E-state index in [-0.39, 0.29) is 0 Å². The Morgan fingerprint density at radius 3 is 2.58 bits per heavy atom. The van der Waals surface area contributed by atoms with Gasteiger partial charge in [0.2, 0.25) is 0 Å². The largest absolute Gasteiger partial charge is 0.306 e. The molecule has 0 radical (unpaired) electrons. The molecule has 1 unspecified atom stereocenters. The normalized spacial score (nSPS) is 13.2. The van der Waals surface area contributed by atoms with Crippen LogP contribution in [0.25, 0.3) is 0 Å². The molecule has 0 aliphatic rings. The Morgan fingerprint density at radius 2 is 2.00 bits per heavy atom. The monoisotopic (exact) mass is 228 g/mol. The van der Waals surface area contributed by atoms with Crippen LogP contribution in [0.2, 0.25) is 0 Å². The van der Waals surface area contributed by atoms with Gasteiger partial charge in [0.05, 0.1) is 0 Å². The van der Waals surface area contributed by atoms with Crippen molar-refractivity contribution in [1.29, 1.82) is 0 Å². The highest BCUT2D eigenvalue weighted by Crippen LogP contribution is 2.21. The standard InChI is InChI=1S/C7H16O2S3/c1-2-10-11-6-4-3-5-7-12(8)9/h2-7H2,1H3,(H,8,9). The number of unbranched alkanes of at least 4 members (excludes halogenated alkanes) is 2. The minimum Gasteiger partial charge on any atom is -0.306 e. The van der Waals surface area contributed by atoms with Gasteiger partial charge in [-0.3, -0.25) is 0 Å². The summed E-state index contributed by atoms with van der Waals surface area (Å²) in [7, 11) is 3.77. The fourth-order valence-corrected chi connectivity index (χ4v) is 2.97. The SMILES string of the molecule is CCSSCCCCCS(=O)O. The van der Waals surface area contributed by atoms with Gasteiger partial charge in [-0.25, -0.2) is 4.21 Å². The van der Waals surface area contributed by atoms with Crippen molar-refractivity contribution in [2.24, 2.45) is 0 Å². The zero-order valence-corrected chi connectivity index (χ0v) is 9.77. The molecule has 0 aromatic rings. The fraction of sp³-hybridized carbons (Fsp3) is 1.00. The quantitative estimate of drug-likeness (QED) is 0.394. The smallest absolute Gasteiger partial charge is 0.152 e. The maximum absolute atomic E-state index is 10.2. The highest BCUT2D eigenvalue weighted by atomic mass is 33.1. The van der Waals surface area contributed by atoms with E-state index in [1.165, 1.54) is 0 Å². The van der Waals surface area contributed by atoms with E-state index in [1.807, 2.05) is 21.6 Å². The second-order valence-corrected chi connectivity index (χ2v) is 6.24. The lowest BCUT2D eigenvalue weighted by Gasteiger charge is -1.98. The van der Waals surface area contributed by atoms with Gasteiger partial charge in [0.15, 0.2) is 11.1 Å². The number of hydrogen-bond donors (Lipinski definition) is 1. The van der Waals surface area contributed by atoms with E-state index < -0.39 is 11.1 Å². The molecule has 0 rings (SSSR count). The minimum atomic E-state index is -1.59. The van der Waals surface area contributed by atoms with Gasteiger partial charge in [-0.15, -0.1) is 0 Å². The molecule has 12 heavy (non-hydrogen) atoms. The first-order valence-corrected chi connectivity index (χ1v) is 7.85. The average Bonchev–Trinajstić information content (AvgIpc) is 2.02. The van der Waals surface area contributed by atoms with Crippen LogP contribution in [-0.4, -0.2) is 26.0 Å². The topological polar surface area (TPSA) is 37.3 Å². The molecule has 0 aromatic carbocycles. The van der Waals surface area contributed by atoms with Gasteiger partial charge in [0.1, 0.15) is 0 Å². The Labute approximate surface area is 85.0 Å². The van der Waals surface area contributed by atoms with Crippen LogP contribution in [0, 0.1) is 0 Å². The third-order valence-electron chi connectivity index (χ3n) is 1.25. The summed E-state index contributed by atoms with van der Waals surface area (Å²) in [6.07, 6.45) is 3.11. The zero-order chi connectivity index (χ0) is 9.23. The summed E-state index contributed by atoms with van der Waals surface area (Å²) < 4.78 is 18.7. The summed E-state index contributed by atoms with van der Waals surface area (Å²) in [5, 5.41) is 0. The fourth-order valence-electron chi connectivity index (χ4n) is 0.706. The molecule has 0 aliphatic carbocycles. The molecule has 74 valence electrons. The first-order chi connectivity index (χ1) is 5.77. The molecular weight excluding hydrogens is 212 g/mol. The Morgan fingerprint density at radius 1 is 1.25 bits per heavy atom. The zero-order valence-electron chi connectivity index (χ0n) is 7.32. The van der Waals surface area contributed by atoms with Crippen molar-refractivity contribution in [2.75, 3.05) is 17.3 Å². The maximum Gasteiger partial charge on any atom is 0.152 e. The molecule has 0 aliphatic heterocycles. The van der Waals surface area contributed by atoms with Crippen LogP contribution in [0.5, 0.6) is 0 Å². The first-order valence-electron chi connectivity index (χ1n) is 4.09. The summed E-state index contributed by atoms with van der Waals surface area (Å²) >= 11 is -1.59. The van der Waals surface area contributed by atoms with Crippen molar-refractivity contribution in [3.05, 3.63) is 0 Å². The van der Waals surface area contributed by atoms with Crippen LogP contribution >= 0.6 is 21.6 Å². The Kier molecular flexibility index (Phi) is 10.6. The second-order valence-electron chi connectivity index (χ2n) is 2.31. The maximum atomic E-state index is 10.2. The molecule has 0 aromatic heterocycles. The number of rotatable bonds is 8.